The summed E-state index contributed by atoms with van der Waals surface area (Å²) in [6, 6.07) is 15.3. The van der Waals surface area contributed by atoms with Gasteiger partial charge in [-0.2, -0.15) is 0 Å². The maximum atomic E-state index is 13.5. The number of halogens is 1. The van der Waals surface area contributed by atoms with Crippen molar-refractivity contribution in [2.75, 3.05) is 6.61 Å². The minimum atomic E-state index is -0.718. The summed E-state index contributed by atoms with van der Waals surface area (Å²) >= 11 is 0. The molecule has 1 atom stereocenters. The number of hydrogen-bond donors (Lipinski definition) is 3. The van der Waals surface area contributed by atoms with Gasteiger partial charge in [0.25, 0.3) is 0 Å². The van der Waals surface area contributed by atoms with Crippen LogP contribution in [0.5, 0.6) is 0 Å². The Labute approximate surface area is 148 Å². The first kappa shape index (κ1) is 18.9. The van der Waals surface area contributed by atoms with E-state index in [1.54, 1.807) is 12.1 Å². The van der Waals surface area contributed by atoms with E-state index in [0.717, 1.165) is 5.56 Å². The van der Waals surface area contributed by atoms with Crippen LogP contribution in [0.15, 0.2) is 54.6 Å². The fourth-order valence-electron chi connectivity index (χ4n) is 2.73. The molecular weight excluding hydrogens is 319 g/mol. The van der Waals surface area contributed by atoms with Crippen molar-refractivity contribution in [2.45, 2.75) is 38.3 Å². The van der Waals surface area contributed by atoms with Crippen molar-refractivity contribution in [2.24, 2.45) is 0 Å². The van der Waals surface area contributed by atoms with Crippen LogP contribution >= 0.6 is 0 Å². The lowest BCUT2D eigenvalue weighted by molar-refractivity contribution is 0.222. The van der Waals surface area contributed by atoms with Crippen LogP contribution < -0.4 is 10.6 Å². The van der Waals surface area contributed by atoms with Gasteiger partial charge in [-0.1, -0.05) is 42.5 Å². The maximum Gasteiger partial charge on any atom is 0.315 e. The summed E-state index contributed by atoms with van der Waals surface area (Å²) in [5.41, 5.74) is 0.952. The third-order valence-corrected chi connectivity index (χ3v) is 4.13. The Morgan fingerprint density at radius 1 is 1.16 bits per heavy atom. The lowest BCUT2D eigenvalue weighted by Crippen LogP contribution is -2.47. The quantitative estimate of drug-likeness (QED) is 0.714. The van der Waals surface area contributed by atoms with E-state index in [1.807, 2.05) is 44.2 Å². The first-order valence-electron chi connectivity index (χ1n) is 8.43. The van der Waals surface area contributed by atoms with E-state index in [0.29, 0.717) is 18.4 Å². The van der Waals surface area contributed by atoms with Crippen LogP contribution in [0.4, 0.5) is 9.18 Å². The maximum absolute atomic E-state index is 13.5. The van der Waals surface area contributed by atoms with E-state index < -0.39 is 5.54 Å². The van der Waals surface area contributed by atoms with Crippen LogP contribution in [0.1, 0.15) is 43.9 Å². The van der Waals surface area contributed by atoms with Gasteiger partial charge in [-0.15, -0.1) is 0 Å². The number of urea groups is 1. The first-order chi connectivity index (χ1) is 11.9. The molecule has 2 amide bonds. The average molecular weight is 344 g/mol. The van der Waals surface area contributed by atoms with Gasteiger partial charge in [-0.25, -0.2) is 9.18 Å². The lowest BCUT2D eigenvalue weighted by atomic mass is 9.94. The number of rotatable bonds is 7. The number of amides is 2. The molecule has 0 saturated heterocycles. The molecular formula is C20H25FN2O2. The number of aliphatic hydroxyl groups excluding tert-OH is 1. The second-order valence-electron chi connectivity index (χ2n) is 6.56. The van der Waals surface area contributed by atoms with E-state index in [4.69, 9.17) is 5.11 Å². The SMILES string of the molecule is CC(C)(NC(=O)NC(CCCO)c1ccccc1)c1cccc(F)c1. The highest BCUT2D eigenvalue weighted by molar-refractivity contribution is 5.75. The Kier molecular flexibility index (Phi) is 6.53. The summed E-state index contributed by atoms with van der Waals surface area (Å²) in [5.74, 6) is -0.335. The van der Waals surface area contributed by atoms with Crippen LogP contribution in [0, 0.1) is 5.82 Å². The topological polar surface area (TPSA) is 61.4 Å². The molecule has 3 N–H and O–H groups in total. The fourth-order valence-corrected chi connectivity index (χ4v) is 2.73. The van der Waals surface area contributed by atoms with Crippen molar-refractivity contribution >= 4 is 6.03 Å². The highest BCUT2D eigenvalue weighted by atomic mass is 19.1. The molecule has 0 bridgehead atoms. The molecule has 0 saturated carbocycles. The Hall–Kier alpha value is -2.40. The number of benzene rings is 2. The Bertz CT molecular complexity index is 689. The molecule has 25 heavy (non-hydrogen) atoms. The zero-order chi connectivity index (χ0) is 18.3. The van der Waals surface area contributed by atoms with Gasteiger partial charge in [0.1, 0.15) is 5.82 Å². The van der Waals surface area contributed by atoms with Gasteiger partial charge in [0.05, 0.1) is 11.6 Å². The lowest BCUT2D eigenvalue weighted by Gasteiger charge is -2.29. The van der Waals surface area contributed by atoms with E-state index in [1.165, 1.54) is 12.1 Å². The average Bonchev–Trinajstić information content (AvgIpc) is 2.59. The van der Waals surface area contributed by atoms with Crippen molar-refractivity contribution in [3.63, 3.8) is 0 Å². The zero-order valence-electron chi connectivity index (χ0n) is 14.6. The zero-order valence-corrected chi connectivity index (χ0v) is 14.6. The molecule has 2 aromatic carbocycles. The van der Waals surface area contributed by atoms with Crippen LogP contribution in [-0.4, -0.2) is 17.7 Å². The van der Waals surface area contributed by atoms with Crippen molar-refractivity contribution in [3.05, 3.63) is 71.5 Å². The highest BCUT2D eigenvalue weighted by Crippen LogP contribution is 2.22. The highest BCUT2D eigenvalue weighted by Gasteiger charge is 2.24. The number of carbonyl (C=O) groups excluding carboxylic acids is 1. The molecule has 0 aliphatic rings. The standard InChI is InChI=1S/C20H25FN2O2/c1-20(2,16-10-6-11-17(21)14-16)23-19(25)22-18(12-7-13-24)15-8-4-3-5-9-15/h3-6,8-11,14,18,24H,7,12-13H2,1-2H3,(H2,22,23,25). The second kappa shape index (κ2) is 8.62. The fraction of sp³-hybridized carbons (Fsp3) is 0.350. The van der Waals surface area contributed by atoms with Crippen LogP contribution in [-0.2, 0) is 5.54 Å². The largest absolute Gasteiger partial charge is 0.396 e. The van der Waals surface area contributed by atoms with Gasteiger partial charge in [-0.3, -0.25) is 0 Å². The van der Waals surface area contributed by atoms with Crippen molar-refractivity contribution in [1.29, 1.82) is 0 Å². The number of aliphatic hydroxyl groups is 1. The van der Waals surface area contributed by atoms with E-state index in [-0.39, 0.29) is 24.5 Å². The van der Waals surface area contributed by atoms with E-state index in [2.05, 4.69) is 10.6 Å². The van der Waals surface area contributed by atoms with Crippen LogP contribution in [0.3, 0.4) is 0 Å². The summed E-state index contributed by atoms with van der Waals surface area (Å²) in [7, 11) is 0. The minimum absolute atomic E-state index is 0.0709. The molecule has 0 spiro atoms. The number of hydrogen-bond acceptors (Lipinski definition) is 2. The van der Waals surface area contributed by atoms with Crippen molar-refractivity contribution < 1.29 is 14.3 Å². The summed E-state index contributed by atoms with van der Waals surface area (Å²) < 4.78 is 13.5. The van der Waals surface area contributed by atoms with Gasteiger partial charge < -0.3 is 15.7 Å². The summed E-state index contributed by atoms with van der Waals surface area (Å²) in [4.78, 5) is 12.5. The van der Waals surface area contributed by atoms with Gasteiger partial charge >= 0.3 is 6.03 Å². The Morgan fingerprint density at radius 2 is 1.88 bits per heavy atom. The predicted molar refractivity (Wildman–Crippen MR) is 96.6 cm³/mol. The second-order valence-corrected chi connectivity index (χ2v) is 6.56. The predicted octanol–water partition coefficient (Wildman–Crippen LogP) is 3.87. The Morgan fingerprint density at radius 3 is 2.52 bits per heavy atom. The number of carbonyl (C=O) groups is 1. The van der Waals surface area contributed by atoms with E-state index >= 15 is 0 Å². The number of nitrogens with one attached hydrogen (secondary N) is 2. The molecule has 0 radical (unpaired) electrons. The molecule has 5 heteroatoms. The van der Waals surface area contributed by atoms with E-state index in [9.17, 15) is 9.18 Å². The van der Waals surface area contributed by atoms with Crippen LogP contribution in [0.25, 0.3) is 0 Å². The molecule has 0 aliphatic heterocycles. The van der Waals surface area contributed by atoms with Gasteiger partial charge in [0, 0.05) is 6.61 Å². The smallest absolute Gasteiger partial charge is 0.315 e. The molecule has 134 valence electrons. The summed E-state index contributed by atoms with van der Waals surface area (Å²) in [6.07, 6.45) is 1.22. The Balaban J connectivity index is 2.07. The molecule has 0 fully saturated rings. The molecule has 2 rings (SSSR count). The van der Waals surface area contributed by atoms with Gasteiger partial charge in [0.2, 0.25) is 0 Å². The third kappa shape index (κ3) is 5.57. The monoisotopic (exact) mass is 344 g/mol. The van der Waals surface area contributed by atoms with Gasteiger partial charge in [0.15, 0.2) is 0 Å². The van der Waals surface area contributed by atoms with Crippen molar-refractivity contribution in [1.82, 2.24) is 10.6 Å². The summed E-state index contributed by atoms with van der Waals surface area (Å²) in [6.45, 7) is 3.72. The third-order valence-electron chi connectivity index (χ3n) is 4.13. The molecule has 0 aromatic heterocycles. The molecule has 0 heterocycles. The molecule has 0 aliphatic carbocycles. The molecule has 2 aromatic rings. The molecule has 4 nitrogen and oxygen atoms in total. The first-order valence-corrected chi connectivity index (χ1v) is 8.43. The van der Waals surface area contributed by atoms with Crippen molar-refractivity contribution in [3.8, 4) is 0 Å². The summed E-state index contributed by atoms with van der Waals surface area (Å²) in [5, 5.41) is 14.9. The normalized spacial score (nSPS) is 12.5. The minimum Gasteiger partial charge on any atom is -0.396 e. The van der Waals surface area contributed by atoms with Gasteiger partial charge in [-0.05, 0) is 49.9 Å². The molecule has 1 unspecified atom stereocenters. The van der Waals surface area contributed by atoms with Crippen LogP contribution in [0.2, 0.25) is 0 Å².